The molecule has 1 unspecified atom stereocenters. The summed E-state index contributed by atoms with van der Waals surface area (Å²) in [5, 5.41) is 9.26. The van der Waals surface area contributed by atoms with Gasteiger partial charge in [0.2, 0.25) is 0 Å². The van der Waals surface area contributed by atoms with Gasteiger partial charge in [0.25, 0.3) is 14.0 Å². The van der Waals surface area contributed by atoms with Gasteiger partial charge in [-0.2, -0.15) is 0 Å². The Morgan fingerprint density at radius 3 is 2.40 bits per heavy atom. The zero-order chi connectivity index (χ0) is 7.83. The maximum absolute atomic E-state index is 10.6. The molecule has 0 amide bonds. The quantitative estimate of drug-likeness (QED) is 0.560. The van der Waals surface area contributed by atoms with Crippen molar-refractivity contribution in [3.63, 3.8) is 0 Å². The van der Waals surface area contributed by atoms with Crippen molar-refractivity contribution in [2.24, 2.45) is 21.2 Å². The Morgan fingerprint density at radius 2 is 2.20 bits per heavy atom. The molecule has 0 bridgehead atoms. The van der Waals surface area contributed by atoms with Gasteiger partial charge in [-0.3, -0.25) is 5.73 Å². The summed E-state index contributed by atoms with van der Waals surface area (Å²) < 4.78 is 21.1. The van der Waals surface area contributed by atoms with Crippen LogP contribution in [0.3, 0.4) is 0 Å². The molecular weight excluding hydrogens is 180 g/mol. The van der Waals surface area contributed by atoms with E-state index in [4.69, 9.17) is 16.4 Å². The maximum atomic E-state index is 10.6. The molecule has 0 fully saturated rings. The van der Waals surface area contributed by atoms with E-state index in [0.29, 0.717) is 0 Å². The van der Waals surface area contributed by atoms with Crippen LogP contribution in [0.15, 0.2) is 15.4 Å². The van der Waals surface area contributed by atoms with Crippen LogP contribution in [0.2, 0.25) is 0 Å². The van der Waals surface area contributed by atoms with E-state index in [0.717, 1.165) is 6.21 Å². The first-order valence-electron chi connectivity index (χ1n) is 2.15. The average molecular weight is 183 g/mol. The van der Waals surface area contributed by atoms with Gasteiger partial charge in [0, 0.05) is 10.7 Å². The lowest BCUT2D eigenvalue weighted by atomic mass is 10.6. The van der Waals surface area contributed by atoms with Crippen molar-refractivity contribution in [2.75, 3.05) is 0 Å². The van der Waals surface area contributed by atoms with E-state index in [-0.39, 0.29) is 0 Å². The number of hydrogen-bond acceptors (Lipinski definition) is 6. The van der Waals surface area contributed by atoms with Crippen molar-refractivity contribution >= 4 is 25.9 Å². The van der Waals surface area contributed by atoms with Crippen molar-refractivity contribution in [2.45, 2.75) is 4.99 Å². The predicted molar refractivity (Wildman–Crippen MR) is 35.0 cm³/mol. The van der Waals surface area contributed by atoms with Crippen molar-refractivity contribution in [1.29, 1.82) is 0 Å². The molecular formula is C2H3ClN4O2S. The minimum atomic E-state index is -3.96. The van der Waals surface area contributed by atoms with Crippen LogP contribution in [0.25, 0.3) is 0 Å². The molecule has 0 radical (unpaired) electrons. The summed E-state index contributed by atoms with van der Waals surface area (Å²) in [7, 11) is 0.921. The van der Waals surface area contributed by atoms with Crippen molar-refractivity contribution in [3.8, 4) is 0 Å². The molecule has 1 aliphatic rings. The maximum Gasteiger partial charge on any atom is 0.284 e. The van der Waals surface area contributed by atoms with Crippen molar-refractivity contribution in [1.82, 2.24) is 0 Å². The van der Waals surface area contributed by atoms with E-state index < -0.39 is 14.0 Å². The van der Waals surface area contributed by atoms with E-state index in [9.17, 15) is 8.42 Å². The van der Waals surface area contributed by atoms with Gasteiger partial charge >= 0.3 is 0 Å². The van der Waals surface area contributed by atoms with Gasteiger partial charge in [-0.15, -0.1) is 10.2 Å². The van der Waals surface area contributed by atoms with Gasteiger partial charge < -0.3 is 0 Å². The summed E-state index contributed by atoms with van der Waals surface area (Å²) >= 11 is 0. The number of nitrogens with two attached hydrogens (primary N) is 1. The van der Waals surface area contributed by atoms with Crippen molar-refractivity contribution < 1.29 is 8.42 Å². The summed E-state index contributed by atoms with van der Waals surface area (Å²) in [6.45, 7) is 0. The highest BCUT2D eigenvalue weighted by molar-refractivity contribution is 8.15. The second kappa shape index (κ2) is 1.97. The Hall–Kier alpha value is -0.530. The highest BCUT2D eigenvalue weighted by Crippen LogP contribution is 2.19. The lowest BCUT2D eigenvalue weighted by molar-refractivity contribution is 0.584. The smallest absolute Gasteiger partial charge is 0.284 e. The molecule has 0 saturated heterocycles. The van der Waals surface area contributed by atoms with E-state index >= 15 is 0 Å². The minimum absolute atomic E-state index is 0.856. The molecule has 2 N–H and O–H groups in total. The molecule has 0 spiro atoms. The molecule has 1 heterocycles. The molecule has 56 valence electrons. The molecule has 0 saturated carbocycles. The highest BCUT2D eigenvalue weighted by atomic mass is 35.7. The van der Waals surface area contributed by atoms with Gasteiger partial charge in [-0.1, -0.05) is 0 Å². The fourth-order valence-electron chi connectivity index (χ4n) is 0.342. The molecule has 10 heavy (non-hydrogen) atoms. The second-order valence-corrected chi connectivity index (χ2v) is 4.37. The number of nitrogens with zero attached hydrogens (tertiary/aromatic N) is 3. The lowest BCUT2D eigenvalue weighted by Crippen LogP contribution is -2.43. The lowest BCUT2D eigenvalue weighted by Gasteiger charge is -2.08. The SMILES string of the molecule is NC1(S(=O)(=O)Cl)C=NN=N1. The van der Waals surface area contributed by atoms with Crippen LogP contribution in [-0.2, 0) is 9.05 Å². The molecule has 1 rings (SSSR count). The molecule has 0 aromatic carbocycles. The number of halogens is 1. The summed E-state index contributed by atoms with van der Waals surface area (Å²) in [5.41, 5.74) is 5.11. The third kappa shape index (κ3) is 1.02. The van der Waals surface area contributed by atoms with Crippen LogP contribution in [0, 0.1) is 0 Å². The third-order valence-corrected chi connectivity index (χ3v) is 2.60. The molecule has 0 aromatic rings. The molecule has 0 aliphatic carbocycles. The standard InChI is InChI=1S/C2H3ClN4O2S/c3-10(8,9)2(4)1-5-7-6-2/h1H,4H2. The molecule has 0 aromatic heterocycles. The van der Waals surface area contributed by atoms with Crippen LogP contribution < -0.4 is 5.73 Å². The average Bonchev–Trinajstić information content (AvgIpc) is 2.13. The monoisotopic (exact) mass is 182 g/mol. The fraction of sp³-hybridized carbons (Fsp3) is 0.500. The zero-order valence-corrected chi connectivity index (χ0v) is 6.17. The Labute approximate surface area is 61.2 Å². The van der Waals surface area contributed by atoms with Crippen LogP contribution in [-0.4, -0.2) is 19.6 Å². The second-order valence-electron chi connectivity index (χ2n) is 1.62. The van der Waals surface area contributed by atoms with Gasteiger partial charge in [-0.05, 0) is 5.22 Å². The third-order valence-electron chi connectivity index (χ3n) is 0.886. The first-order valence-corrected chi connectivity index (χ1v) is 4.46. The zero-order valence-electron chi connectivity index (χ0n) is 4.60. The predicted octanol–water partition coefficient (Wildman–Crippen LogP) is -0.381. The normalized spacial score (nSPS) is 31.4. The number of rotatable bonds is 1. The molecule has 1 aliphatic heterocycles. The number of hydrogen-bond donors (Lipinski definition) is 1. The van der Waals surface area contributed by atoms with Gasteiger partial charge in [0.05, 0.1) is 6.21 Å². The Morgan fingerprint density at radius 1 is 1.60 bits per heavy atom. The Balaban J connectivity index is 3.14. The van der Waals surface area contributed by atoms with Crippen molar-refractivity contribution in [3.05, 3.63) is 0 Å². The summed E-state index contributed by atoms with van der Waals surface area (Å²) in [4.78, 5) is -1.96. The summed E-state index contributed by atoms with van der Waals surface area (Å²) in [5.74, 6) is 0. The van der Waals surface area contributed by atoms with Crippen LogP contribution in [0.5, 0.6) is 0 Å². The first-order chi connectivity index (χ1) is 4.46. The summed E-state index contributed by atoms with van der Waals surface area (Å²) in [6, 6.07) is 0. The summed E-state index contributed by atoms with van der Waals surface area (Å²) in [6.07, 6.45) is 0.856. The van der Waals surface area contributed by atoms with Gasteiger partial charge in [0.15, 0.2) is 0 Å². The fourth-order valence-corrected chi connectivity index (χ4v) is 0.861. The van der Waals surface area contributed by atoms with E-state index in [1.807, 2.05) is 0 Å². The topological polar surface area (TPSA) is 97.2 Å². The Kier molecular flexibility index (Phi) is 1.50. The van der Waals surface area contributed by atoms with E-state index in [2.05, 4.69) is 15.4 Å². The van der Waals surface area contributed by atoms with Crippen LogP contribution >= 0.6 is 10.7 Å². The van der Waals surface area contributed by atoms with E-state index in [1.165, 1.54) is 0 Å². The molecule has 1 atom stereocenters. The van der Waals surface area contributed by atoms with Gasteiger partial charge in [-0.25, -0.2) is 8.42 Å². The largest absolute Gasteiger partial charge is 0.287 e. The first kappa shape index (κ1) is 7.58. The van der Waals surface area contributed by atoms with Gasteiger partial charge in [0.1, 0.15) is 0 Å². The molecule has 8 heteroatoms. The molecule has 6 nitrogen and oxygen atoms in total. The highest BCUT2D eigenvalue weighted by Gasteiger charge is 2.40. The Bertz CT molecular complexity index is 280. The van der Waals surface area contributed by atoms with Crippen LogP contribution in [0.1, 0.15) is 0 Å². The van der Waals surface area contributed by atoms with Crippen LogP contribution in [0.4, 0.5) is 0 Å². The van der Waals surface area contributed by atoms with E-state index in [1.54, 1.807) is 0 Å². The minimum Gasteiger partial charge on any atom is -0.287 e.